The molecule has 0 saturated heterocycles. The molecule has 1 amide bonds. The van der Waals surface area contributed by atoms with Crippen molar-refractivity contribution in [1.82, 2.24) is 5.32 Å². The van der Waals surface area contributed by atoms with Crippen LogP contribution in [0.25, 0.3) is 0 Å². The highest BCUT2D eigenvalue weighted by molar-refractivity contribution is 7.98. The topological polar surface area (TPSA) is 66.5 Å². The summed E-state index contributed by atoms with van der Waals surface area (Å²) in [5.74, 6) is 1.19. The molecule has 152 valence electrons. The second-order valence-electron chi connectivity index (χ2n) is 5.92. The van der Waals surface area contributed by atoms with Gasteiger partial charge in [0.25, 0.3) is 5.91 Å². The van der Waals surface area contributed by atoms with E-state index in [9.17, 15) is 13.2 Å². The fourth-order valence-electron chi connectivity index (χ4n) is 2.36. The number of rotatable bonds is 9. The maximum Gasteiger partial charge on any atom is 0.251 e. The number of amides is 1. The highest BCUT2D eigenvalue weighted by Gasteiger charge is 2.16. The molecule has 0 atom stereocenters. The van der Waals surface area contributed by atoms with Gasteiger partial charge < -0.3 is 5.32 Å². The number of halogens is 2. The summed E-state index contributed by atoms with van der Waals surface area (Å²) in [6.45, 7) is 2.09. The quantitative estimate of drug-likeness (QED) is 0.561. The summed E-state index contributed by atoms with van der Waals surface area (Å²) < 4.78 is 25.0. The first-order valence-electron chi connectivity index (χ1n) is 8.61. The van der Waals surface area contributed by atoms with Crippen LogP contribution in [0, 0.1) is 0 Å². The molecule has 0 aliphatic rings. The molecule has 0 aromatic heterocycles. The number of thioether (sulfide) groups is 1. The van der Waals surface area contributed by atoms with Crippen molar-refractivity contribution in [3.8, 4) is 0 Å². The van der Waals surface area contributed by atoms with Crippen molar-refractivity contribution in [3.05, 3.63) is 63.6 Å². The van der Waals surface area contributed by atoms with E-state index in [1.165, 1.54) is 11.4 Å². The second-order valence-corrected chi connectivity index (χ2v) is 10.1. The van der Waals surface area contributed by atoms with Crippen LogP contribution in [0.15, 0.2) is 42.5 Å². The van der Waals surface area contributed by atoms with Crippen molar-refractivity contribution in [2.75, 3.05) is 29.4 Å². The van der Waals surface area contributed by atoms with Crippen LogP contribution in [0.4, 0.5) is 5.69 Å². The summed E-state index contributed by atoms with van der Waals surface area (Å²) in [5.41, 5.74) is 1.89. The molecule has 0 radical (unpaired) electrons. The maximum atomic E-state index is 12.2. The summed E-state index contributed by atoms with van der Waals surface area (Å²) in [6, 6.07) is 11.9. The number of benzene rings is 2. The average molecular weight is 461 g/mol. The third kappa shape index (κ3) is 6.04. The molecule has 0 saturated carbocycles. The first kappa shape index (κ1) is 22.9. The number of carbonyl (C=O) groups is 1. The van der Waals surface area contributed by atoms with Gasteiger partial charge in [0.05, 0.1) is 11.4 Å². The van der Waals surface area contributed by atoms with Crippen LogP contribution < -0.4 is 9.62 Å². The maximum absolute atomic E-state index is 12.2. The third-order valence-corrected chi connectivity index (χ3v) is 7.58. The molecule has 0 bridgehead atoms. The van der Waals surface area contributed by atoms with E-state index in [4.69, 9.17) is 23.2 Å². The Morgan fingerprint density at radius 1 is 1.11 bits per heavy atom. The molecule has 9 heteroatoms. The van der Waals surface area contributed by atoms with Gasteiger partial charge in [0.1, 0.15) is 0 Å². The van der Waals surface area contributed by atoms with Gasteiger partial charge in [0.15, 0.2) is 0 Å². The van der Waals surface area contributed by atoms with Crippen LogP contribution in [-0.4, -0.2) is 39.4 Å². The molecule has 0 heterocycles. The fourth-order valence-corrected chi connectivity index (χ4v) is 4.79. The first-order chi connectivity index (χ1) is 13.3. The minimum absolute atomic E-state index is 0.0167. The second kappa shape index (κ2) is 10.4. The minimum atomic E-state index is -3.32. The standard InChI is InChI=1S/C19H22Cl2N2O3S2/c1-3-28(25,26)23(2)15-9-7-14(8-10-15)19(24)22-11-12-27-13-16-17(20)5-4-6-18(16)21/h4-10H,3,11-13H2,1-2H3,(H,22,24). The van der Waals surface area contributed by atoms with Crippen molar-refractivity contribution in [2.45, 2.75) is 12.7 Å². The average Bonchev–Trinajstić information content (AvgIpc) is 2.69. The van der Waals surface area contributed by atoms with Crippen molar-refractivity contribution >= 4 is 56.6 Å². The number of carbonyl (C=O) groups excluding carboxylic acids is 1. The van der Waals surface area contributed by atoms with Crippen LogP contribution in [0.3, 0.4) is 0 Å². The number of nitrogens with zero attached hydrogens (tertiary/aromatic N) is 1. The van der Waals surface area contributed by atoms with E-state index in [0.717, 1.165) is 5.56 Å². The van der Waals surface area contributed by atoms with Crippen molar-refractivity contribution < 1.29 is 13.2 Å². The smallest absolute Gasteiger partial charge is 0.251 e. The summed E-state index contributed by atoms with van der Waals surface area (Å²) in [6.07, 6.45) is 0. The van der Waals surface area contributed by atoms with E-state index >= 15 is 0 Å². The Bertz CT molecular complexity index is 899. The molecule has 2 aromatic carbocycles. The predicted octanol–water partition coefficient (Wildman–Crippen LogP) is 4.44. The number of nitrogens with one attached hydrogen (secondary N) is 1. The summed E-state index contributed by atoms with van der Waals surface area (Å²) >= 11 is 13.9. The van der Waals surface area contributed by atoms with E-state index < -0.39 is 10.0 Å². The van der Waals surface area contributed by atoms with E-state index in [2.05, 4.69) is 5.32 Å². The Morgan fingerprint density at radius 2 is 1.71 bits per heavy atom. The molecule has 0 spiro atoms. The lowest BCUT2D eigenvalue weighted by molar-refractivity contribution is 0.0956. The zero-order valence-electron chi connectivity index (χ0n) is 15.6. The molecule has 0 unspecified atom stereocenters. The van der Waals surface area contributed by atoms with Gasteiger partial charge in [-0.2, -0.15) is 11.8 Å². The molecule has 0 aliphatic heterocycles. The largest absolute Gasteiger partial charge is 0.351 e. The fraction of sp³-hybridized carbons (Fsp3) is 0.316. The molecule has 1 N–H and O–H groups in total. The van der Waals surface area contributed by atoms with Crippen LogP contribution in [0.1, 0.15) is 22.8 Å². The molecule has 28 heavy (non-hydrogen) atoms. The lowest BCUT2D eigenvalue weighted by Gasteiger charge is -2.18. The lowest BCUT2D eigenvalue weighted by Crippen LogP contribution is -2.28. The van der Waals surface area contributed by atoms with Gasteiger partial charge in [-0.1, -0.05) is 29.3 Å². The zero-order chi connectivity index (χ0) is 20.7. The Labute approximate surface area is 180 Å². The van der Waals surface area contributed by atoms with Crippen molar-refractivity contribution in [1.29, 1.82) is 0 Å². The predicted molar refractivity (Wildman–Crippen MR) is 119 cm³/mol. The van der Waals surface area contributed by atoms with Gasteiger partial charge in [-0.25, -0.2) is 8.42 Å². The molecular formula is C19H22Cl2N2O3S2. The summed E-state index contributed by atoms with van der Waals surface area (Å²) in [7, 11) is -1.83. The van der Waals surface area contributed by atoms with E-state index in [-0.39, 0.29) is 11.7 Å². The third-order valence-electron chi connectivity index (χ3n) is 4.12. The number of anilines is 1. The SMILES string of the molecule is CCS(=O)(=O)N(C)c1ccc(C(=O)NCCSCc2c(Cl)cccc2Cl)cc1. The highest BCUT2D eigenvalue weighted by atomic mass is 35.5. The Kier molecular flexibility index (Phi) is 8.49. The van der Waals surface area contributed by atoms with Crippen molar-refractivity contribution in [2.24, 2.45) is 0 Å². The number of sulfonamides is 1. The molecule has 0 aliphatic carbocycles. The first-order valence-corrected chi connectivity index (χ1v) is 12.1. The number of hydrogen-bond donors (Lipinski definition) is 1. The Balaban J connectivity index is 1.82. The minimum Gasteiger partial charge on any atom is -0.351 e. The van der Waals surface area contributed by atoms with Gasteiger partial charge in [-0.15, -0.1) is 0 Å². The van der Waals surface area contributed by atoms with Gasteiger partial charge in [0, 0.05) is 40.7 Å². The van der Waals surface area contributed by atoms with Crippen LogP contribution >= 0.6 is 35.0 Å². The highest BCUT2D eigenvalue weighted by Crippen LogP contribution is 2.28. The summed E-state index contributed by atoms with van der Waals surface area (Å²) in [4.78, 5) is 12.2. The number of hydrogen-bond acceptors (Lipinski definition) is 4. The zero-order valence-corrected chi connectivity index (χ0v) is 18.8. The van der Waals surface area contributed by atoms with Crippen molar-refractivity contribution in [3.63, 3.8) is 0 Å². The van der Waals surface area contributed by atoms with Gasteiger partial charge >= 0.3 is 0 Å². The van der Waals surface area contributed by atoms with Crippen LogP contribution in [0.2, 0.25) is 10.0 Å². The normalized spacial score (nSPS) is 11.3. The van der Waals surface area contributed by atoms with Gasteiger partial charge in [0.2, 0.25) is 10.0 Å². The van der Waals surface area contributed by atoms with E-state index in [1.807, 2.05) is 0 Å². The van der Waals surface area contributed by atoms with Crippen LogP contribution in [-0.2, 0) is 15.8 Å². The van der Waals surface area contributed by atoms with Gasteiger partial charge in [-0.05, 0) is 48.9 Å². The molecular weight excluding hydrogens is 439 g/mol. The molecule has 0 fully saturated rings. The lowest BCUT2D eigenvalue weighted by atomic mass is 10.2. The van der Waals surface area contributed by atoms with E-state index in [0.29, 0.717) is 39.3 Å². The monoisotopic (exact) mass is 460 g/mol. The summed E-state index contributed by atoms with van der Waals surface area (Å²) in [5, 5.41) is 4.12. The Hall–Kier alpha value is -1.41. The molecule has 2 aromatic rings. The Morgan fingerprint density at radius 3 is 2.29 bits per heavy atom. The molecule has 5 nitrogen and oxygen atoms in total. The van der Waals surface area contributed by atoms with Crippen LogP contribution in [0.5, 0.6) is 0 Å². The molecule has 2 rings (SSSR count). The van der Waals surface area contributed by atoms with E-state index in [1.54, 1.807) is 61.2 Å². The van der Waals surface area contributed by atoms with Gasteiger partial charge in [-0.3, -0.25) is 9.10 Å².